The average Bonchev–Trinajstić information content (AvgIpc) is 2.21. The number of methoxy groups -OCH3 is 1. The van der Waals surface area contributed by atoms with Crippen LogP contribution in [0.2, 0.25) is 0 Å². The SMILES string of the molecule is COC(=O)C1(Nc2cc(C)cc(F)c2)COC1. The monoisotopic (exact) mass is 239 g/mol. The fraction of sp³-hybridized carbons (Fsp3) is 0.417. The standard InChI is InChI=1S/C12H14FNO3/c1-8-3-9(13)5-10(4-8)14-12(6-17-7-12)11(15)16-2/h3-5,14H,6-7H2,1-2H3. The van der Waals surface area contributed by atoms with E-state index in [2.05, 4.69) is 5.32 Å². The highest BCUT2D eigenvalue weighted by Gasteiger charge is 2.47. The molecule has 0 amide bonds. The van der Waals surface area contributed by atoms with Crippen molar-refractivity contribution in [2.75, 3.05) is 25.6 Å². The van der Waals surface area contributed by atoms with Crippen LogP contribution in [0.1, 0.15) is 5.56 Å². The molecule has 0 aromatic heterocycles. The van der Waals surface area contributed by atoms with Crippen molar-refractivity contribution in [2.45, 2.75) is 12.5 Å². The van der Waals surface area contributed by atoms with Crippen LogP contribution < -0.4 is 5.32 Å². The molecule has 1 heterocycles. The lowest BCUT2D eigenvalue weighted by Crippen LogP contribution is -2.62. The number of hydrogen-bond acceptors (Lipinski definition) is 4. The Kier molecular flexibility index (Phi) is 3.02. The normalized spacial score (nSPS) is 17.1. The Morgan fingerprint density at radius 3 is 2.65 bits per heavy atom. The predicted molar refractivity (Wildman–Crippen MR) is 60.3 cm³/mol. The molecule has 1 aromatic rings. The van der Waals surface area contributed by atoms with E-state index in [0.717, 1.165) is 5.56 Å². The van der Waals surface area contributed by atoms with Crippen LogP contribution in [0.5, 0.6) is 0 Å². The fourth-order valence-corrected chi connectivity index (χ4v) is 1.83. The summed E-state index contributed by atoms with van der Waals surface area (Å²) in [6, 6.07) is 4.54. The zero-order valence-corrected chi connectivity index (χ0v) is 9.75. The van der Waals surface area contributed by atoms with Crippen LogP contribution in [0, 0.1) is 12.7 Å². The van der Waals surface area contributed by atoms with Gasteiger partial charge in [-0.05, 0) is 30.7 Å². The second-order valence-electron chi connectivity index (χ2n) is 4.21. The smallest absolute Gasteiger partial charge is 0.336 e. The van der Waals surface area contributed by atoms with Crippen molar-refractivity contribution in [3.8, 4) is 0 Å². The molecule has 0 atom stereocenters. The van der Waals surface area contributed by atoms with Gasteiger partial charge in [0.1, 0.15) is 5.82 Å². The number of aryl methyl sites for hydroxylation is 1. The summed E-state index contributed by atoms with van der Waals surface area (Å²) in [5.41, 5.74) is 0.457. The van der Waals surface area contributed by atoms with Crippen molar-refractivity contribution >= 4 is 11.7 Å². The summed E-state index contributed by atoms with van der Waals surface area (Å²) in [7, 11) is 1.32. The van der Waals surface area contributed by atoms with E-state index in [0.29, 0.717) is 5.69 Å². The van der Waals surface area contributed by atoms with Gasteiger partial charge in [0.2, 0.25) is 0 Å². The van der Waals surface area contributed by atoms with Gasteiger partial charge in [0.25, 0.3) is 0 Å². The van der Waals surface area contributed by atoms with Crippen LogP contribution in [0.3, 0.4) is 0 Å². The number of rotatable bonds is 3. The number of carbonyl (C=O) groups is 1. The first kappa shape index (κ1) is 11.9. The summed E-state index contributed by atoms with van der Waals surface area (Å²) in [6.45, 7) is 2.25. The summed E-state index contributed by atoms with van der Waals surface area (Å²) in [6.07, 6.45) is 0. The van der Waals surface area contributed by atoms with Crippen LogP contribution >= 0.6 is 0 Å². The van der Waals surface area contributed by atoms with Gasteiger partial charge >= 0.3 is 5.97 Å². The van der Waals surface area contributed by atoms with Gasteiger partial charge in [-0.3, -0.25) is 0 Å². The summed E-state index contributed by atoms with van der Waals surface area (Å²) in [5.74, 6) is -0.738. The number of halogens is 1. The minimum Gasteiger partial charge on any atom is -0.467 e. The lowest BCUT2D eigenvalue weighted by Gasteiger charge is -2.39. The van der Waals surface area contributed by atoms with Crippen molar-refractivity contribution in [1.82, 2.24) is 0 Å². The second kappa shape index (κ2) is 4.33. The molecule has 0 spiro atoms. The maximum absolute atomic E-state index is 13.2. The van der Waals surface area contributed by atoms with E-state index in [1.165, 1.54) is 19.2 Å². The van der Waals surface area contributed by atoms with Gasteiger partial charge in [0, 0.05) is 5.69 Å². The molecule has 17 heavy (non-hydrogen) atoms. The summed E-state index contributed by atoms with van der Waals surface area (Å²) < 4.78 is 23.0. The number of anilines is 1. The predicted octanol–water partition coefficient (Wildman–Crippen LogP) is 1.49. The van der Waals surface area contributed by atoms with Gasteiger partial charge in [0.15, 0.2) is 5.54 Å². The molecule has 92 valence electrons. The quantitative estimate of drug-likeness (QED) is 0.812. The highest BCUT2D eigenvalue weighted by Crippen LogP contribution is 2.25. The van der Waals surface area contributed by atoms with Crippen LogP contribution in [-0.2, 0) is 14.3 Å². The molecule has 1 N–H and O–H groups in total. The maximum Gasteiger partial charge on any atom is 0.336 e. The van der Waals surface area contributed by atoms with Crippen molar-refractivity contribution < 1.29 is 18.7 Å². The van der Waals surface area contributed by atoms with Crippen LogP contribution in [0.25, 0.3) is 0 Å². The van der Waals surface area contributed by atoms with Gasteiger partial charge in [-0.2, -0.15) is 0 Å². The molecular formula is C12H14FNO3. The van der Waals surface area contributed by atoms with Gasteiger partial charge in [-0.25, -0.2) is 9.18 Å². The third kappa shape index (κ3) is 2.24. The average molecular weight is 239 g/mol. The first-order valence-corrected chi connectivity index (χ1v) is 5.27. The van der Waals surface area contributed by atoms with E-state index in [1.807, 2.05) is 0 Å². The van der Waals surface area contributed by atoms with E-state index in [1.54, 1.807) is 13.0 Å². The minimum atomic E-state index is -0.880. The highest BCUT2D eigenvalue weighted by molar-refractivity contribution is 5.86. The first-order chi connectivity index (χ1) is 8.05. The summed E-state index contributed by atoms with van der Waals surface area (Å²) in [5, 5.41) is 2.98. The Morgan fingerprint density at radius 1 is 1.47 bits per heavy atom. The number of benzene rings is 1. The lowest BCUT2D eigenvalue weighted by atomic mass is 9.97. The number of hydrogen-bond donors (Lipinski definition) is 1. The Morgan fingerprint density at radius 2 is 2.18 bits per heavy atom. The maximum atomic E-state index is 13.2. The van der Waals surface area contributed by atoms with Gasteiger partial charge in [0.05, 0.1) is 20.3 Å². The third-order valence-electron chi connectivity index (χ3n) is 2.70. The van der Waals surface area contributed by atoms with Crippen molar-refractivity contribution in [3.63, 3.8) is 0 Å². The zero-order valence-electron chi connectivity index (χ0n) is 9.75. The molecule has 0 aliphatic carbocycles. The first-order valence-electron chi connectivity index (χ1n) is 5.27. The van der Waals surface area contributed by atoms with Crippen molar-refractivity contribution in [2.24, 2.45) is 0 Å². The van der Waals surface area contributed by atoms with E-state index < -0.39 is 11.5 Å². The second-order valence-corrected chi connectivity index (χ2v) is 4.21. The highest BCUT2D eigenvalue weighted by atomic mass is 19.1. The molecule has 5 heteroatoms. The molecule has 2 rings (SSSR count). The van der Waals surface area contributed by atoms with E-state index >= 15 is 0 Å². The molecule has 1 fully saturated rings. The molecule has 1 aromatic carbocycles. The van der Waals surface area contributed by atoms with Gasteiger partial charge in [-0.15, -0.1) is 0 Å². The number of nitrogens with one attached hydrogen (secondary N) is 1. The van der Waals surface area contributed by atoms with E-state index in [-0.39, 0.29) is 19.0 Å². The largest absolute Gasteiger partial charge is 0.467 e. The molecule has 1 aliphatic heterocycles. The minimum absolute atomic E-state index is 0.231. The Labute approximate surface area is 98.7 Å². The third-order valence-corrected chi connectivity index (χ3v) is 2.70. The van der Waals surface area contributed by atoms with Crippen LogP contribution in [-0.4, -0.2) is 31.8 Å². The Hall–Kier alpha value is -1.62. The van der Waals surface area contributed by atoms with Crippen molar-refractivity contribution in [1.29, 1.82) is 0 Å². The van der Waals surface area contributed by atoms with Crippen LogP contribution in [0.15, 0.2) is 18.2 Å². The summed E-state index contributed by atoms with van der Waals surface area (Å²) >= 11 is 0. The van der Waals surface area contributed by atoms with Gasteiger partial charge < -0.3 is 14.8 Å². The molecule has 1 aliphatic rings. The Balaban J connectivity index is 2.21. The van der Waals surface area contributed by atoms with E-state index in [4.69, 9.17) is 9.47 Å². The summed E-state index contributed by atoms with van der Waals surface area (Å²) in [4.78, 5) is 11.6. The fourth-order valence-electron chi connectivity index (χ4n) is 1.83. The van der Waals surface area contributed by atoms with Crippen molar-refractivity contribution in [3.05, 3.63) is 29.6 Å². The molecular weight excluding hydrogens is 225 g/mol. The lowest BCUT2D eigenvalue weighted by molar-refractivity contribution is -0.161. The molecule has 1 saturated heterocycles. The van der Waals surface area contributed by atoms with Gasteiger partial charge in [-0.1, -0.05) is 0 Å². The molecule has 0 radical (unpaired) electrons. The molecule has 0 bridgehead atoms. The zero-order chi connectivity index (χ0) is 12.5. The molecule has 4 nitrogen and oxygen atoms in total. The Bertz CT molecular complexity index is 423. The number of carbonyl (C=O) groups excluding carboxylic acids is 1. The topological polar surface area (TPSA) is 47.6 Å². The number of ether oxygens (including phenoxy) is 2. The number of esters is 1. The molecule has 0 unspecified atom stereocenters. The van der Waals surface area contributed by atoms with Crippen LogP contribution in [0.4, 0.5) is 10.1 Å². The molecule has 0 saturated carbocycles. The van der Waals surface area contributed by atoms with E-state index in [9.17, 15) is 9.18 Å².